The SMILES string of the molecule is CC(=O)CCCC(C)(C)c1ccc2c(c1O)C(=O)C1C(=O)[C@@]3(O)C(=O)C(C(C)=O)C(=O)C(C(C)C)[C@@]3(C)[C@H](O)[C@@]1(C)[C@@H]2C. The maximum absolute atomic E-state index is 14.6. The molecule has 2 fully saturated rings. The molecule has 0 saturated heterocycles. The van der Waals surface area contributed by atoms with Crippen molar-refractivity contribution in [1.29, 1.82) is 0 Å². The number of aliphatic hydroxyl groups is 2. The summed E-state index contributed by atoms with van der Waals surface area (Å²) in [7, 11) is 0. The molecule has 0 amide bonds. The number of rotatable bonds is 7. The Bertz CT molecular complexity index is 1450. The molecule has 9 nitrogen and oxygen atoms in total. The molecule has 0 bridgehead atoms. The molecule has 0 aromatic heterocycles. The fourth-order valence-electron chi connectivity index (χ4n) is 8.81. The summed E-state index contributed by atoms with van der Waals surface area (Å²) < 4.78 is 0. The quantitative estimate of drug-likeness (QED) is 0.399. The van der Waals surface area contributed by atoms with Gasteiger partial charge in [0.15, 0.2) is 28.7 Å². The molecule has 234 valence electrons. The van der Waals surface area contributed by atoms with Crippen LogP contribution in [0.3, 0.4) is 0 Å². The Morgan fingerprint density at radius 2 is 1.60 bits per heavy atom. The number of benzene rings is 1. The first-order chi connectivity index (χ1) is 19.6. The summed E-state index contributed by atoms with van der Waals surface area (Å²) in [6.45, 7) is 14.2. The molecule has 3 aliphatic carbocycles. The average Bonchev–Trinajstić information content (AvgIpc) is 2.88. The van der Waals surface area contributed by atoms with E-state index >= 15 is 0 Å². The van der Waals surface area contributed by atoms with Crippen molar-refractivity contribution < 1.29 is 44.1 Å². The van der Waals surface area contributed by atoms with Crippen LogP contribution in [0.25, 0.3) is 0 Å². The van der Waals surface area contributed by atoms with Crippen molar-refractivity contribution >= 4 is 34.7 Å². The molecule has 2 saturated carbocycles. The second kappa shape index (κ2) is 10.3. The number of phenols is 1. The van der Waals surface area contributed by atoms with Crippen LogP contribution in [-0.2, 0) is 29.4 Å². The molecule has 4 rings (SSSR count). The predicted molar refractivity (Wildman–Crippen MR) is 157 cm³/mol. The summed E-state index contributed by atoms with van der Waals surface area (Å²) in [5.41, 5.74) is -6.50. The molecule has 9 heteroatoms. The highest BCUT2D eigenvalue weighted by atomic mass is 16.3. The standard InChI is InChI=1S/C34H44O9/c1-15(2)23-26(38)21(18(5)36)28(40)34(43)29(41)24-27(39)22-19(17(4)32(24,8)30(42)33(23,34)9)12-13-20(25(22)37)31(6,7)14-10-11-16(3)35/h12-13,15,17,21,23-24,30,37,42-43H,10-11,14H2,1-9H3/t17-,21?,23?,24?,30-,32+,33+,34+/m1/s1. The van der Waals surface area contributed by atoms with Gasteiger partial charge in [-0.1, -0.05) is 60.6 Å². The topological polar surface area (TPSA) is 163 Å². The van der Waals surface area contributed by atoms with Crippen LogP contribution in [0.1, 0.15) is 109 Å². The van der Waals surface area contributed by atoms with Crippen LogP contribution in [0.2, 0.25) is 0 Å². The highest BCUT2D eigenvalue weighted by Crippen LogP contribution is 2.66. The van der Waals surface area contributed by atoms with Gasteiger partial charge >= 0.3 is 0 Å². The predicted octanol–water partition coefficient (Wildman–Crippen LogP) is 3.66. The molecule has 8 atom stereocenters. The number of Topliss-reactive ketones (excluding diaryl/α,β-unsaturated/α-hetero) is 6. The van der Waals surface area contributed by atoms with Crippen molar-refractivity contribution in [2.75, 3.05) is 0 Å². The Morgan fingerprint density at radius 1 is 1.02 bits per heavy atom. The number of fused-ring (bicyclic) bond motifs is 3. The van der Waals surface area contributed by atoms with Crippen LogP contribution in [0.4, 0.5) is 0 Å². The van der Waals surface area contributed by atoms with Crippen molar-refractivity contribution in [2.45, 2.75) is 105 Å². The van der Waals surface area contributed by atoms with Gasteiger partial charge in [-0.05, 0) is 49.5 Å². The van der Waals surface area contributed by atoms with Crippen LogP contribution in [-0.4, -0.2) is 61.7 Å². The fourth-order valence-corrected chi connectivity index (χ4v) is 8.81. The molecule has 0 spiro atoms. The first kappa shape index (κ1) is 32.9. The van der Waals surface area contributed by atoms with E-state index in [1.54, 1.807) is 39.8 Å². The number of aromatic hydroxyl groups is 1. The second-order valence-corrected chi connectivity index (χ2v) is 14.5. The Balaban J connectivity index is 1.96. The molecule has 3 N–H and O–H groups in total. The Labute approximate surface area is 252 Å². The summed E-state index contributed by atoms with van der Waals surface area (Å²) in [6.07, 6.45) is -0.233. The Morgan fingerprint density at radius 3 is 2.12 bits per heavy atom. The molecule has 0 heterocycles. The lowest BCUT2D eigenvalue weighted by Gasteiger charge is -2.65. The molecule has 1 aromatic rings. The number of carbonyl (C=O) groups is 6. The van der Waals surface area contributed by atoms with Crippen molar-refractivity contribution in [2.24, 2.45) is 34.5 Å². The lowest BCUT2D eigenvalue weighted by Crippen LogP contribution is -2.81. The van der Waals surface area contributed by atoms with Crippen LogP contribution in [0.15, 0.2) is 12.1 Å². The minimum absolute atomic E-state index is 0.0405. The van der Waals surface area contributed by atoms with Gasteiger partial charge in [0.1, 0.15) is 23.2 Å². The highest BCUT2D eigenvalue weighted by molar-refractivity contribution is 6.33. The molecule has 3 aliphatic rings. The maximum atomic E-state index is 14.6. The third-order valence-electron chi connectivity index (χ3n) is 11.3. The summed E-state index contributed by atoms with van der Waals surface area (Å²) in [6, 6.07) is 3.41. The average molecular weight is 597 g/mol. The zero-order chi connectivity index (χ0) is 32.8. The summed E-state index contributed by atoms with van der Waals surface area (Å²) >= 11 is 0. The van der Waals surface area contributed by atoms with E-state index in [-0.39, 0.29) is 17.1 Å². The van der Waals surface area contributed by atoms with Crippen molar-refractivity contribution in [3.63, 3.8) is 0 Å². The maximum Gasteiger partial charge on any atom is 0.191 e. The van der Waals surface area contributed by atoms with E-state index in [1.807, 2.05) is 13.8 Å². The lowest BCUT2D eigenvalue weighted by atomic mass is 9.37. The van der Waals surface area contributed by atoms with E-state index in [9.17, 15) is 44.1 Å². The number of ketones is 6. The van der Waals surface area contributed by atoms with E-state index in [0.717, 1.165) is 6.92 Å². The van der Waals surface area contributed by atoms with Gasteiger partial charge in [0.05, 0.1) is 17.6 Å². The van der Waals surface area contributed by atoms with Crippen LogP contribution in [0, 0.1) is 34.5 Å². The number of phenolic OH excluding ortho intramolecular Hbond substituents is 1. The largest absolute Gasteiger partial charge is 0.507 e. The molecule has 0 aliphatic heterocycles. The zero-order valence-corrected chi connectivity index (χ0v) is 26.5. The molecule has 0 radical (unpaired) electrons. The molecule has 3 unspecified atom stereocenters. The van der Waals surface area contributed by atoms with E-state index in [1.165, 1.54) is 13.8 Å². The molecule has 43 heavy (non-hydrogen) atoms. The molecular weight excluding hydrogens is 552 g/mol. The number of aliphatic hydroxyl groups excluding tert-OH is 1. The molecule has 1 aromatic carbocycles. The third-order valence-corrected chi connectivity index (χ3v) is 11.3. The van der Waals surface area contributed by atoms with Gasteiger partial charge in [-0.15, -0.1) is 0 Å². The smallest absolute Gasteiger partial charge is 0.191 e. The van der Waals surface area contributed by atoms with Crippen LogP contribution in [0.5, 0.6) is 5.75 Å². The van der Waals surface area contributed by atoms with Crippen LogP contribution < -0.4 is 0 Å². The van der Waals surface area contributed by atoms with E-state index in [2.05, 4.69) is 0 Å². The van der Waals surface area contributed by atoms with Gasteiger partial charge in [-0.3, -0.25) is 24.0 Å². The second-order valence-electron chi connectivity index (χ2n) is 14.5. The van der Waals surface area contributed by atoms with E-state index < -0.39 is 86.5 Å². The Kier molecular flexibility index (Phi) is 7.84. The normalized spacial score (nSPS) is 35.9. The van der Waals surface area contributed by atoms with Gasteiger partial charge in [0.25, 0.3) is 0 Å². The van der Waals surface area contributed by atoms with Gasteiger partial charge in [-0.2, -0.15) is 0 Å². The number of carbonyl (C=O) groups excluding carboxylic acids is 6. The van der Waals surface area contributed by atoms with Crippen LogP contribution >= 0.6 is 0 Å². The zero-order valence-electron chi connectivity index (χ0n) is 26.5. The van der Waals surface area contributed by atoms with E-state index in [4.69, 9.17) is 0 Å². The summed E-state index contributed by atoms with van der Waals surface area (Å²) in [4.78, 5) is 80.6. The van der Waals surface area contributed by atoms with Gasteiger partial charge < -0.3 is 20.1 Å². The van der Waals surface area contributed by atoms with E-state index in [0.29, 0.717) is 30.4 Å². The monoisotopic (exact) mass is 596 g/mol. The third kappa shape index (κ3) is 4.10. The first-order valence-corrected chi connectivity index (χ1v) is 15.1. The van der Waals surface area contributed by atoms with Gasteiger partial charge in [0, 0.05) is 28.7 Å². The number of hydrogen-bond acceptors (Lipinski definition) is 9. The number of hydrogen-bond donors (Lipinski definition) is 3. The van der Waals surface area contributed by atoms with Crippen molar-refractivity contribution in [3.05, 3.63) is 28.8 Å². The van der Waals surface area contributed by atoms with Gasteiger partial charge in [-0.25, -0.2) is 0 Å². The summed E-state index contributed by atoms with van der Waals surface area (Å²) in [5.74, 6) is -11.3. The first-order valence-electron chi connectivity index (χ1n) is 15.1. The van der Waals surface area contributed by atoms with Crippen molar-refractivity contribution in [3.8, 4) is 5.75 Å². The minimum Gasteiger partial charge on any atom is -0.507 e. The summed E-state index contributed by atoms with van der Waals surface area (Å²) in [5, 5.41) is 36.0. The lowest BCUT2D eigenvalue weighted by molar-refractivity contribution is -0.240. The minimum atomic E-state index is -3.00. The van der Waals surface area contributed by atoms with Crippen molar-refractivity contribution in [1.82, 2.24) is 0 Å². The molecular formula is C34H44O9. The fraction of sp³-hybridized carbons (Fsp3) is 0.647. The highest BCUT2D eigenvalue weighted by Gasteiger charge is 2.80. The van der Waals surface area contributed by atoms with Gasteiger partial charge in [0.2, 0.25) is 0 Å². The Hall–Kier alpha value is -3.04.